The molecule has 0 spiro atoms. The molecule has 2 N–H and O–H groups in total. The average Bonchev–Trinajstić information content (AvgIpc) is 3.17. The van der Waals surface area contributed by atoms with Gasteiger partial charge in [0.25, 0.3) is 0 Å². The van der Waals surface area contributed by atoms with Crippen LogP contribution in [0.25, 0.3) is 0 Å². The highest BCUT2D eigenvalue weighted by Gasteiger charge is 2.42. The van der Waals surface area contributed by atoms with Gasteiger partial charge in [-0.2, -0.15) is 0 Å². The van der Waals surface area contributed by atoms with Crippen LogP contribution in [-0.4, -0.2) is 17.9 Å². The van der Waals surface area contributed by atoms with Crippen molar-refractivity contribution in [2.45, 2.75) is 45.2 Å². The number of carbonyl (C=O) groups excluding carboxylic acids is 2. The molecule has 2 aliphatic rings. The highest BCUT2D eigenvalue weighted by Crippen LogP contribution is 2.49. The lowest BCUT2D eigenvalue weighted by atomic mass is 9.84. The fourth-order valence-corrected chi connectivity index (χ4v) is 4.15. The summed E-state index contributed by atoms with van der Waals surface area (Å²) in [7, 11) is 0. The highest BCUT2D eigenvalue weighted by atomic mass is 19.1. The molecule has 2 bridgehead atoms. The first-order valence-corrected chi connectivity index (χ1v) is 8.36. The average molecular weight is 318 g/mol. The lowest BCUT2D eigenvalue weighted by Gasteiger charge is -2.28. The molecule has 0 aromatic heterocycles. The smallest absolute Gasteiger partial charge is 0.309 e. The molecule has 4 unspecified atom stereocenters. The Hall–Kier alpha value is -1.91. The number of carbonyl (C=O) groups is 2. The molecule has 0 saturated heterocycles. The third-order valence-corrected chi connectivity index (χ3v) is 5.37. The van der Waals surface area contributed by atoms with Crippen LogP contribution in [-0.2, 0) is 16.1 Å². The van der Waals surface area contributed by atoms with Crippen molar-refractivity contribution in [2.75, 3.05) is 0 Å². The largest absolute Gasteiger partial charge is 0.345 e. The highest BCUT2D eigenvalue weighted by molar-refractivity contribution is 6.35. The molecule has 2 aliphatic carbocycles. The Morgan fingerprint density at radius 3 is 2.52 bits per heavy atom. The van der Waals surface area contributed by atoms with Crippen molar-refractivity contribution >= 4 is 11.8 Å². The van der Waals surface area contributed by atoms with Crippen LogP contribution < -0.4 is 10.6 Å². The van der Waals surface area contributed by atoms with Crippen molar-refractivity contribution in [3.8, 4) is 0 Å². The predicted molar refractivity (Wildman–Crippen MR) is 84.8 cm³/mol. The summed E-state index contributed by atoms with van der Waals surface area (Å²) < 4.78 is 12.8. The van der Waals surface area contributed by atoms with Gasteiger partial charge in [0.2, 0.25) is 0 Å². The maximum absolute atomic E-state index is 12.8. The SMILES string of the molecule is CC(NC(=O)C(=O)NCc1ccc(F)cc1)C1CC2CCC1C2. The molecule has 4 nitrogen and oxygen atoms in total. The zero-order valence-electron chi connectivity index (χ0n) is 13.3. The second-order valence-corrected chi connectivity index (χ2v) is 6.91. The van der Waals surface area contributed by atoms with E-state index in [1.165, 1.54) is 37.8 Å². The second-order valence-electron chi connectivity index (χ2n) is 6.91. The third kappa shape index (κ3) is 3.71. The van der Waals surface area contributed by atoms with Crippen LogP contribution in [0.3, 0.4) is 0 Å². The molecular weight excluding hydrogens is 295 g/mol. The monoisotopic (exact) mass is 318 g/mol. The Labute approximate surface area is 135 Å². The van der Waals surface area contributed by atoms with Crippen molar-refractivity contribution in [2.24, 2.45) is 17.8 Å². The molecule has 3 rings (SSSR count). The summed E-state index contributed by atoms with van der Waals surface area (Å²) >= 11 is 0. The van der Waals surface area contributed by atoms with E-state index in [9.17, 15) is 14.0 Å². The lowest BCUT2D eigenvalue weighted by molar-refractivity contribution is -0.140. The molecule has 1 aromatic rings. The maximum Gasteiger partial charge on any atom is 0.309 e. The number of benzene rings is 1. The normalized spacial score (nSPS) is 26.8. The number of hydrogen-bond donors (Lipinski definition) is 2. The Bertz CT molecular complexity index is 587. The van der Waals surface area contributed by atoms with Gasteiger partial charge in [0.15, 0.2) is 0 Å². The van der Waals surface area contributed by atoms with E-state index < -0.39 is 11.8 Å². The Kier molecular flexibility index (Phi) is 4.64. The van der Waals surface area contributed by atoms with Gasteiger partial charge < -0.3 is 10.6 Å². The number of hydrogen-bond acceptors (Lipinski definition) is 2. The van der Waals surface area contributed by atoms with Gasteiger partial charge in [-0.25, -0.2) is 4.39 Å². The summed E-state index contributed by atoms with van der Waals surface area (Å²) in [6, 6.07) is 5.88. The summed E-state index contributed by atoms with van der Waals surface area (Å²) in [5, 5.41) is 5.42. The first-order valence-electron chi connectivity index (χ1n) is 8.36. The summed E-state index contributed by atoms with van der Waals surface area (Å²) in [6.07, 6.45) is 5.03. The first-order chi connectivity index (χ1) is 11.0. The van der Waals surface area contributed by atoms with Gasteiger partial charge in [-0.3, -0.25) is 9.59 Å². The summed E-state index contributed by atoms with van der Waals surface area (Å²) in [6.45, 7) is 2.21. The molecule has 4 atom stereocenters. The molecule has 124 valence electrons. The van der Waals surface area contributed by atoms with E-state index in [1.807, 2.05) is 6.92 Å². The van der Waals surface area contributed by atoms with E-state index in [0.717, 1.165) is 11.5 Å². The van der Waals surface area contributed by atoms with Gasteiger partial charge in [-0.05, 0) is 61.6 Å². The molecule has 23 heavy (non-hydrogen) atoms. The van der Waals surface area contributed by atoms with Crippen molar-refractivity contribution < 1.29 is 14.0 Å². The summed E-state index contributed by atoms with van der Waals surface area (Å²) in [5.41, 5.74) is 0.758. The van der Waals surface area contributed by atoms with E-state index in [2.05, 4.69) is 10.6 Å². The molecular formula is C18H23FN2O2. The van der Waals surface area contributed by atoms with Gasteiger partial charge in [-0.1, -0.05) is 18.6 Å². The zero-order chi connectivity index (χ0) is 16.4. The van der Waals surface area contributed by atoms with Crippen molar-refractivity contribution in [3.05, 3.63) is 35.6 Å². The lowest BCUT2D eigenvalue weighted by Crippen LogP contribution is -2.46. The number of amides is 2. The first kappa shape index (κ1) is 16.0. The molecule has 5 heteroatoms. The molecule has 2 saturated carbocycles. The van der Waals surface area contributed by atoms with E-state index in [4.69, 9.17) is 0 Å². The van der Waals surface area contributed by atoms with Crippen LogP contribution in [0, 0.1) is 23.6 Å². The van der Waals surface area contributed by atoms with Crippen LogP contribution in [0.1, 0.15) is 38.2 Å². The predicted octanol–water partition coefficient (Wildman–Crippen LogP) is 2.38. The van der Waals surface area contributed by atoms with Gasteiger partial charge in [0.1, 0.15) is 5.82 Å². The minimum absolute atomic E-state index is 0.0365. The Morgan fingerprint density at radius 1 is 1.17 bits per heavy atom. The minimum atomic E-state index is -0.635. The molecule has 2 amide bonds. The quantitative estimate of drug-likeness (QED) is 0.838. The standard InChI is InChI=1S/C18H23FN2O2/c1-11(16-9-13-2-5-14(16)8-13)21-18(23)17(22)20-10-12-3-6-15(19)7-4-12/h3-4,6-7,11,13-14,16H,2,5,8-10H2,1H3,(H,20,22)(H,21,23). The molecule has 0 radical (unpaired) electrons. The summed E-state index contributed by atoms with van der Waals surface area (Å²) in [5.74, 6) is 0.487. The molecule has 0 heterocycles. The van der Waals surface area contributed by atoms with Crippen molar-refractivity contribution in [3.63, 3.8) is 0 Å². The molecule has 1 aromatic carbocycles. The fourth-order valence-electron chi connectivity index (χ4n) is 4.15. The van der Waals surface area contributed by atoms with E-state index in [0.29, 0.717) is 11.8 Å². The van der Waals surface area contributed by atoms with E-state index in [-0.39, 0.29) is 18.4 Å². The fraction of sp³-hybridized carbons (Fsp3) is 0.556. The Morgan fingerprint density at radius 2 is 1.91 bits per heavy atom. The van der Waals surface area contributed by atoms with Crippen molar-refractivity contribution in [1.29, 1.82) is 0 Å². The van der Waals surface area contributed by atoms with E-state index in [1.54, 1.807) is 12.1 Å². The summed E-state index contributed by atoms with van der Waals surface area (Å²) in [4.78, 5) is 23.9. The second kappa shape index (κ2) is 6.69. The van der Waals surface area contributed by atoms with Crippen LogP contribution in [0.2, 0.25) is 0 Å². The maximum atomic E-state index is 12.8. The molecule has 0 aliphatic heterocycles. The topological polar surface area (TPSA) is 58.2 Å². The third-order valence-electron chi connectivity index (χ3n) is 5.37. The van der Waals surface area contributed by atoms with Crippen LogP contribution in [0.15, 0.2) is 24.3 Å². The van der Waals surface area contributed by atoms with Crippen molar-refractivity contribution in [1.82, 2.24) is 10.6 Å². The number of fused-ring (bicyclic) bond motifs is 2. The van der Waals surface area contributed by atoms with Crippen LogP contribution in [0.5, 0.6) is 0 Å². The minimum Gasteiger partial charge on any atom is -0.345 e. The van der Waals surface area contributed by atoms with Crippen LogP contribution in [0.4, 0.5) is 4.39 Å². The van der Waals surface area contributed by atoms with Crippen LogP contribution >= 0.6 is 0 Å². The van der Waals surface area contributed by atoms with Gasteiger partial charge in [0, 0.05) is 12.6 Å². The van der Waals surface area contributed by atoms with E-state index >= 15 is 0 Å². The number of nitrogens with one attached hydrogen (secondary N) is 2. The van der Waals surface area contributed by atoms with Gasteiger partial charge >= 0.3 is 11.8 Å². The Balaban J connectivity index is 1.45. The zero-order valence-corrected chi connectivity index (χ0v) is 13.3. The molecule has 2 fully saturated rings. The number of halogens is 1. The van der Waals surface area contributed by atoms with Gasteiger partial charge in [-0.15, -0.1) is 0 Å². The number of rotatable bonds is 4. The van der Waals surface area contributed by atoms with Gasteiger partial charge in [0.05, 0.1) is 0 Å².